The second-order valence-electron chi connectivity index (χ2n) is 7.63. The van der Waals surface area contributed by atoms with Gasteiger partial charge in [0.2, 0.25) is 0 Å². The van der Waals surface area contributed by atoms with Crippen molar-refractivity contribution in [2.45, 2.75) is 6.92 Å². The van der Waals surface area contributed by atoms with Crippen LogP contribution in [0.15, 0.2) is 83.5 Å². The van der Waals surface area contributed by atoms with Gasteiger partial charge >= 0.3 is 0 Å². The summed E-state index contributed by atoms with van der Waals surface area (Å²) >= 11 is 0. The monoisotopic (exact) mass is 411 g/mol. The minimum Gasteiger partial charge on any atom is -0.496 e. The largest absolute Gasteiger partial charge is 0.496 e. The second-order valence-corrected chi connectivity index (χ2v) is 7.63. The number of carbonyl (C=O) groups excluding carboxylic acids is 1. The summed E-state index contributed by atoms with van der Waals surface area (Å²) in [5.74, 6) is 1.07. The topological polar surface area (TPSA) is 45.1 Å². The number of amides is 1. The predicted molar refractivity (Wildman–Crippen MR) is 127 cm³/mol. The zero-order valence-corrected chi connectivity index (χ0v) is 18.2. The van der Waals surface area contributed by atoms with E-state index in [0.29, 0.717) is 17.3 Å². The van der Waals surface area contributed by atoms with E-state index in [-0.39, 0.29) is 5.91 Å². The molecule has 31 heavy (non-hydrogen) atoms. The molecule has 156 valence electrons. The lowest BCUT2D eigenvalue weighted by Gasteiger charge is -2.20. The van der Waals surface area contributed by atoms with Crippen molar-refractivity contribution in [2.75, 3.05) is 31.0 Å². The summed E-state index contributed by atoms with van der Waals surface area (Å²) in [4.78, 5) is 21.9. The maximum atomic E-state index is 13.5. The third kappa shape index (κ3) is 4.08. The van der Waals surface area contributed by atoms with Gasteiger partial charge in [-0.05, 0) is 60.5 Å². The zero-order chi connectivity index (χ0) is 22.0. The van der Waals surface area contributed by atoms with Gasteiger partial charge in [0.05, 0.1) is 18.4 Å². The van der Waals surface area contributed by atoms with Gasteiger partial charge in [0, 0.05) is 19.8 Å². The van der Waals surface area contributed by atoms with Gasteiger partial charge in [-0.3, -0.25) is 9.69 Å². The van der Waals surface area contributed by atoms with Crippen LogP contribution in [0.3, 0.4) is 0 Å². The molecule has 0 atom stereocenters. The van der Waals surface area contributed by atoms with Crippen molar-refractivity contribution in [1.29, 1.82) is 0 Å². The first-order chi connectivity index (χ1) is 15.0. The standard InChI is InChI=1S/C26H25N3O2/c1-18-8-7-9-21(16-18)29-25(22-10-5-6-11-24(22)31-4)27-23(26(29)30)17-19-12-14-20(15-13-19)28(2)3/h5-17H,1-4H3/b23-17+. The maximum absolute atomic E-state index is 13.5. The summed E-state index contributed by atoms with van der Waals surface area (Å²) in [6, 6.07) is 23.5. The fourth-order valence-corrected chi connectivity index (χ4v) is 3.56. The summed E-state index contributed by atoms with van der Waals surface area (Å²) in [6.45, 7) is 2.01. The molecule has 1 aliphatic heterocycles. The number of hydrogen-bond donors (Lipinski definition) is 0. The molecular formula is C26H25N3O2. The number of benzene rings is 3. The highest BCUT2D eigenvalue weighted by molar-refractivity contribution is 6.33. The Morgan fingerprint density at radius 3 is 2.39 bits per heavy atom. The van der Waals surface area contributed by atoms with E-state index in [2.05, 4.69) is 0 Å². The summed E-state index contributed by atoms with van der Waals surface area (Å²) in [7, 11) is 5.62. The van der Waals surface area contributed by atoms with Gasteiger partial charge in [0.15, 0.2) is 5.84 Å². The third-order valence-electron chi connectivity index (χ3n) is 5.18. The number of hydrogen-bond acceptors (Lipinski definition) is 4. The van der Waals surface area contributed by atoms with Crippen molar-refractivity contribution in [3.63, 3.8) is 0 Å². The molecule has 0 N–H and O–H groups in total. The number of anilines is 2. The Hall–Kier alpha value is -3.86. The van der Waals surface area contributed by atoms with Crippen molar-refractivity contribution in [3.05, 3.63) is 95.2 Å². The normalized spacial score (nSPS) is 14.7. The zero-order valence-electron chi connectivity index (χ0n) is 18.2. The highest BCUT2D eigenvalue weighted by atomic mass is 16.5. The van der Waals surface area contributed by atoms with Crippen LogP contribution < -0.4 is 14.5 Å². The Morgan fingerprint density at radius 1 is 0.968 bits per heavy atom. The number of aliphatic imine (C=N–C) groups is 1. The first-order valence-electron chi connectivity index (χ1n) is 10.1. The van der Waals surface area contributed by atoms with Crippen molar-refractivity contribution in [2.24, 2.45) is 4.99 Å². The lowest BCUT2D eigenvalue weighted by atomic mass is 10.1. The number of methoxy groups -OCH3 is 1. The second kappa shape index (κ2) is 8.48. The molecule has 0 saturated heterocycles. The maximum Gasteiger partial charge on any atom is 0.282 e. The molecule has 0 unspecified atom stereocenters. The molecule has 5 nitrogen and oxygen atoms in total. The molecule has 5 heteroatoms. The van der Waals surface area contributed by atoms with Gasteiger partial charge in [-0.2, -0.15) is 0 Å². The van der Waals surface area contributed by atoms with Gasteiger partial charge in [-0.25, -0.2) is 4.99 Å². The number of para-hydroxylation sites is 1. The molecule has 0 aromatic heterocycles. The number of rotatable bonds is 5. The third-order valence-corrected chi connectivity index (χ3v) is 5.18. The summed E-state index contributed by atoms with van der Waals surface area (Å²) in [5.41, 5.74) is 5.02. The molecule has 4 rings (SSSR count). The van der Waals surface area contributed by atoms with E-state index in [1.807, 2.05) is 105 Å². The quantitative estimate of drug-likeness (QED) is 0.561. The fourth-order valence-electron chi connectivity index (χ4n) is 3.56. The van der Waals surface area contributed by atoms with E-state index in [9.17, 15) is 4.79 Å². The average molecular weight is 412 g/mol. The molecule has 0 aliphatic carbocycles. The molecule has 3 aromatic rings. The SMILES string of the molecule is COc1ccccc1C1=N/C(=C/c2ccc(N(C)C)cc2)C(=O)N1c1cccc(C)c1. The Morgan fingerprint density at radius 2 is 1.71 bits per heavy atom. The van der Waals surface area contributed by atoms with Crippen LogP contribution in [0.5, 0.6) is 5.75 Å². The van der Waals surface area contributed by atoms with Crippen molar-refractivity contribution in [3.8, 4) is 5.75 Å². The Labute approximate surface area is 182 Å². The van der Waals surface area contributed by atoms with Crippen LogP contribution in [0, 0.1) is 6.92 Å². The van der Waals surface area contributed by atoms with Gasteiger partial charge < -0.3 is 9.64 Å². The number of amidine groups is 1. The molecule has 0 saturated carbocycles. The molecule has 3 aromatic carbocycles. The molecule has 0 radical (unpaired) electrons. The Balaban J connectivity index is 1.82. The smallest absolute Gasteiger partial charge is 0.282 e. The number of carbonyl (C=O) groups is 1. The summed E-state index contributed by atoms with van der Waals surface area (Å²) in [6.07, 6.45) is 1.83. The minimum atomic E-state index is -0.164. The van der Waals surface area contributed by atoms with Crippen LogP contribution in [0.4, 0.5) is 11.4 Å². The predicted octanol–water partition coefficient (Wildman–Crippen LogP) is 4.90. The number of ether oxygens (including phenoxy) is 1. The lowest BCUT2D eigenvalue weighted by molar-refractivity contribution is -0.113. The van der Waals surface area contributed by atoms with E-state index < -0.39 is 0 Å². The molecule has 1 heterocycles. The highest BCUT2D eigenvalue weighted by Crippen LogP contribution is 2.31. The van der Waals surface area contributed by atoms with Gasteiger partial charge in [-0.1, -0.05) is 36.4 Å². The number of nitrogens with zero attached hydrogens (tertiary/aromatic N) is 3. The van der Waals surface area contributed by atoms with Crippen LogP contribution in [0.25, 0.3) is 6.08 Å². The van der Waals surface area contributed by atoms with Crippen molar-refractivity contribution in [1.82, 2.24) is 0 Å². The molecule has 0 spiro atoms. The molecule has 1 aliphatic rings. The van der Waals surface area contributed by atoms with E-state index in [0.717, 1.165) is 28.1 Å². The van der Waals surface area contributed by atoms with E-state index in [1.165, 1.54) is 0 Å². The van der Waals surface area contributed by atoms with Crippen LogP contribution >= 0.6 is 0 Å². The van der Waals surface area contributed by atoms with Gasteiger partial charge in [-0.15, -0.1) is 0 Å². The van der Waals surface area contributed by atoms with Gasteiger partial charge in [0.1, 0.15) is 11.4 Å². The minimum absolute atomic E-state index is 0.164. The molecule has 1 amide bonds. The Kier molecular flexibility index (Phi) is 5.58. The highest BCUT2D eigenvalue weighted by Gasteiger charge is 2.33. The fraction of sp³-hybridized carbons (Fsp3) is 0.154. The van der Waals surface area contributed by atoms with Gasteiger partial charge in [0.25, 0.3) is 5.91 Å². The van der Waals surface area contributed by atoms with Crippen LogP contribution in [0.1, 0.15) is 16.7 Å². The molecule has 0 bridgehead atoms. The van der Waals surface area contributed by atoms with E-state index >= 15 is 0 Å². The lowest BCUT2D eigenvalue weighted by Crippen LogP contribution is -2.32. The Bertz CT molecular complexity index is 1180. The molecule has 0 fully saturated rings. The van der Waals surface area contributed by atoms with E-state index in [4.69, 9.17) is 9.73 Å². The molecular weight excluding hydrogens is 386 g/mol. The van der Waals surface area contributed by atoms with Crippen molar-refractivity contribution >= 4 is 29.2 Å². The van der Waals surface area contributed by atoms with E-state index in [1.54, 1.807) is 12.0 Å². The average Bonchev–Trinajstić information content (AvgIpc) is 3.09. The first-order valence-corrected chi connectivity index (χ1v) is 10.1. The summed E-state index contributed by atoms with van der Waals surface area (Å²) in [5, 5.41) is 0. The number of aryl methyl sites for hydroxylation is 1. The van der Waals surface area contributed by atoms with Crippen LogP contribution in [-0.2, 0) is 4.79 Å². The van der Waals surface area contributed by atoms with Crippen LogP contribution in [0.2, 0.25) is 0 Å². The van der Waals surface area contributed by atoms with Crippen LogP contribution in [-0.4, -0.2) is 32.9 Å². The van der Waals surface area contributed by atoms with Crippen molar-refractivity contribution < 1.29 is 9.53 Å². The first kappa shape index (κ1) is 20.4. The summed E-state index contributed by atoms with van der Waals surface area (Å²) < 4.78 is 5.55.